The fourth-order valence-electron chi connectivity index (χ4n) is 1.43. The van der Waals surface area contributed by atoms with Crippen LogP contribution < -0.4 is 10.5 Å². The van der Waals surface area contributed by atoms with Crippen molar-refractivity contribution in [1.82, 2.24) is 0 Å². The van der Waals surface area contributed by atoms with Crippen LogP contribution in [0.1, 0.15) is 24.8 Å². The number of ether oxygens (including phenoxy) is 1. The van der Waals surface area contributed by atoms with Crippen molar-refractivity contribution in [3.63, 3.8) is 0 Å². The number of rotatable bonds is 8. The van der Waals surface area contributed by atoms with Crippen LogP contribution in [0.2, 0.25) is 0 Å². The maximum absolute atomic E-state index is 8.09. The highest BCUT2D eigenvalue weighted by atomic mass is 16.5. The number of nitrogen functional groups attached to an aromatic ring is 1. The third kappa shape index (κ3) is 5.23. The van der Waals surface area contributed by atoms with Crippen LogP contribution in [0.15, 0.2) is 29.4 Å². The van der Waals surface area contributed by atoms with Gasteiger partial charge in [-0.1, -0.05) is 5.11 Å². The van der Waals surface area contributed by atoms with E-state index in [1.54, 1.807) is 24.3 Å². The monoisotopic (exact) mass is 247 g/mol. The smallest absolute Gasteiger partial charge is 0.122 e. The van der Waals surface area contributed by atoms with E-state index in [-0.39, 0.29) is 5.84 Å². The van der Waals surface area contributed by atoms with Crippen LogP contribution in [0.5, 0.6) is 5.75 Å². The Hall–Kier alpha value is -2.20. The Morgan fingerprint density at radius 1 is 1.28 bits per heavy atom. The lowest BCUT2D eigenvalue weighted by atomic mass is 10.2. The van der Waals surface area contributed by atoms with E-state index in [1.165, 1.54) is 0 Å². The zero-order valence-electron chi connectivity index (χ0n) is 10.2. The van der Waals surface area contributed by atoms with Gasteiger partial charge in [0.2, 0.25) is 0 Å². The van der Waals surface area contributed by atoms with E-state index in [4.69, 9.17) is 21.4 Å². The van der Waals surface area contributed by atoms with Crippen molar-refractivity contribution in [2.75, 3.05) is 13.2 Å². The van der Waals surface area contributed by atoms with E-state index in [1.807, 2.05) is 0 Å². The Morgan fingerprint density at radius 2 is 2.00 bits per heavy atom. The Balaban J connectivity index is 2.19. The Kier molecular flexibility index (Phi) is 6.14. The lowest BCUT2D eigenvalue weighted by Gasteiger charge is -2.06. The first kappa shape index (κ1) is 13.9. The molecule has 0 aromatic heterocycles. The molecular formula is C12H17N5O. The molecule has 0 amide bonds. The predicted molar refractivity (Wildman–Crippen MR) is 70.8 cm³/mol. The fourth-order valence-corrected chi connectivity index (χ4v) is 1.43. The first-order chi connectivity index (χ1) is 8.74. The topological polar surface area (TPSA) is 108 Å². The minimum absolute atomic E-state index is 0.0552. The summed E-state index contributed by atoms with van der Waals surface area (Å²) in [5.41, 5.74) is 14.1. The molecule has 0 unspecified atom stereocenters. The first-order valence-corrected chi connectivity index (χ1v) is 5.82. The van der Waals surface area contributed by atoms with Crippen LogP contribution in [0, 0.1) is 5.41 Å². The summed E-state index contributed by atoms with van der Waals surface area (Å²) in [5, 5.41) is 10.7. The molecule has 18 heavy (non-hydrogen) atoms. The number of amidine groups is 1. The van der Waals surface area contributed by atoms with Crippen molar-refractivity contribution >= 4 is 5.84 Å². The van der Waals surface area contributed by atoms with Gasteiger partial charge in [-0.15, -0.1) is 0 Å². The second kappa shape index (κ2) is 7.97. The van der Waals surface area contributed by atoms with Gasteiger partial charge in [-0.2, -0.15) is 0 Å². The van der Waals surface area contributed by atoms with E-state index >= 15 is 0 Å². The standard InChI is InChI=1S/C12H17N5O/c13-12(14)10-4-6-11(7-5-10)18-9-3-1-2-8-16-17-15/h4-7H,1-3,8-9H2,(H3,13,14). The minimum atomic E-state index is 0.0552. The number of nitrogens with two attached hydrogens (primary N) is 1. The number of hydrogen-bond donors (Lipinski definition) is 2. The predicted octanol–water partition coefficient (Wildman–Crippen LogP) is 2.83. The van der Waals surface area contributed by atoms with Crippen LogP contribution >= 0.6 is 0 Å². The van der Waals surface area contributed by atoms with Crippen LogP contribution in [0.3, 0.4) is 0 Å². The minimum Gasteiger partial charge on any atom is -0.494 e. The van der Waals surface area contributed by atoms with E-state index in [0.29, 0.717) is 18.7 Å². The summed E-state index contributed by atoms with van der Waals surface area (Å²) in [5.74, 6) is 0.828. The van der Waals surface area contributed by atoms with Crippen molar-refractivity contribution in [2.45, 2.75) is 19.3 Å². The molecule has 1 aromatic rings. The number of benzene rings is 1. The van der Waals surface area contributed by atoms with Crippen molar-refractivity contribution < 1.29 is 4.74 Å². The molecule has 0 radical (unpaired) electrons. The van der Waals surface area contributed by atoms with E-state index in [9.17, 15) is 0 Å². The molecule has 96 valence electrons. The largest absolute Gasteiger partial charge is 0.494 e. The summed E-state index contributed by atoms with van der Waals surface area (Å²) >= 11 is 0. The average molecular weight is 247 g/mol. The lowest BCUT2D eigenvalue weighted by Crippen LogP contribution is -2.10. The van der Waals surface area contributed by atoms with Crippen molar-refractivity contribution in [2.24, 2.45) is 10.8 Å². The third-order valence-corrected chi connectivity index (χ3v) is 2.40. The number of hydrogen-bond acceptors (Lipinski definition) is 3. The zero-order valence-corrected chi connectivity index (χ0v) is 10.2. The molecule has 0 atom stereocenters. The summed E-state index contributed by atoms with van der Waals surface area (Å²) in [6.07, 6.45) is 2.79. The maximum atomic E-state index is 8.09. The summed E-state index contributed by atoms with van der Waals surface area (Å²) in [6.45, 7) is 1.18. The van der Waals surface area contributed by atoms with Crippen LogP contribution in [-0.2, 0) is 0 Å². The number of azide groups is 1. The Bertz CT molecular complexity index is 423. The summed E-state index contributed by atoms with van der Waals surface area (Å²) in [7, 11) is 0. The highest BCUT2D eigenvalue weighted by Gasteiger charge is 1.97. The molecule has 0 bridgehead atoms. The van der Waals surface area contributed by atoms with E-state index in [2.05, 4.69) is 10.0 Å². The molecular weight excluding hydrogens is 230 g/mol. The first-order valence-electron chi connectivity index (χ1n) is 5.82. The average Bonchev–Trinajstić information content (AvgIpc) is 2.38. The third-order valence-electron chi connectivity index (χ3n) is 2.40. The number of unbranched alkanes of at least 4 members (excludes halogenated alkanes) is 2. The van der Waals surface area contributed by atoms with Gasteiger partial charge in [0.1, 0.15) is 11.6 Å². The highest BCUT2D eigenvalue weighted by molar-refractivity contribution is 5.94. The van der Waals surface area contributed by atoms with Crippen LogP contribution in [-0.4, -0.2) is 19.0 Å². The van der Waals surface area contributed by atoms with Gasteiger partial charge >= 0.3 is 0 Å². The number of nitrogens with one attached hydrogen (secondary N) is 1. The molecule has 6 heteroatoms. The second-order valence-corrected chi connectivity index (χ2v) is 3.80. The molecule has 0 saturated carbocycles. The molecule has 0 aliphatic rings. The van der Waals surface area contributed by atoms with Crippen molar-refractivity contribution in [3.05, 3.63) is 40.3 Å². The van der Waals surface area contributed by atoms with Crippen molar-refractivity contribution in [3.8, 4) is 5.75 Å². The SMILES string of the molecule is [N-]=[N+]=NCCCCCOc1ccc(C(=N)N)cc1. The Morgan fingerprint density at radius 3 is 2.61 bits per heavy atom. The highest BCUT2D eigenvalue weighted by Crippen LogP contribution is 2.12. The van der Waals surface area contributed by atoms with Gasteiger partial charge in [0, 0.05) is 17.0 Å². The molecule has 0 spiro atoms. The normalized spacial score (nSPS) is 9.56. The van der Waals surface area contributed by atoms with Crippen molar-refractivity contribution in [1.29, 1.82) is 5.41 Å². The maximum Gasteiger partial charge on any atom is 0.122 e. The molecule has 3 N–H and O–H groups in total. The number of nitrogens with zero attached hydrogens (tertiary/aromatic N) is 3. The molecule has 0 aliphatic heterocycles. The molecule has 1 rings (SSSR count). The van der Waals surface area contributed by atoms with Gasteiger partial charge < -0.3 is 10.5 Å². The van der Waals surface area contributed by atoms with Crippen LogP contribution in [0.25, 0.3) is 10.4 Å². The molecule has 6 nitrogen and oxygen atoms in total. The fraction of sp³-hybridized carbons (Fsp3) is 0.417. The van der Waals surface area contributed by atoms with Gasteiger partial charge in [0.15, 0.2) is 0 Å². The van der Waals surface area contributed by atoms with Gasteiger partial charge in [0.05, 0.1) is 6.61 Å². The summed E-state index contributed by atoms with van der Waals surface area (Å²) in [6, 6.07) is 7.13. The van der Waals surface area contributed by atoms with Gasteiger partial charge in [0.25, 0.3) is 0 Å². The quantitative estimate of drug-likeness (QED) is 0.184. The van der Waals surface area contributed by atoms with Gasteiger partial charge in [-0.25, -0.2) is 0 Å². The van der Waals surface area contributed by atoms with Gasteiger partial charge in [-0.3, -0.25) is 5.41 Å². The Labute approximate surface area is 106 Å². The van der Waals surface area contributed by atoms with Gasteiger partial charge in [-0.05, 0) is 49.1 Å². The summed E-state index contributed by atoms with van der Waals surface area (Å²) in [4.78, 5) is 2.69. The lowest BCUT2D eigenvalue weighted by molar-refractivity contribution is 0.305. The molecule has 0 heterocycles. The molecule has 0 saturated heterocycles. The van der Waals surface area contributed by atoms with E-state index < -0.39 is 0 Å². The van der Waals surface area contributed by atoms with Crippen LogP contribution in [0.4, 0.5) is 0 Å². The molecule has 0 aliphatic carbocycles. The molecule has 0 fully saturated rings. The zero-order chi connectivity index (χ0) is 13.2. The van der Waals surface area contributed by atoms with E-state index in [0.717, 1.165) is 25.0 Å². The second-order valence-electron chi connectivity index (χ2n) is 3.80. The molecule has 1 aromatic carbocycles. The summed E-state index contributed by atoms with van der Waals surface area (Å²) < 4.78 is 5.53.